The van der Waals surface area contributed by atoms with E-state index in [0.29, 0.717) is 12.8 Å². The van der Waals surface area contributed by atoms with Crippen LogP contribution in [0.1, 0.15) is 33.1 Å². The van der Waals surface area contributed by atoms with Crippen LogP contribution in [0.5, 0.6) is 0 Å². The van der Waals surface area contributed by atoms with Crippen molar-refractivity contribution in [1.82, 2.24) is 0 Å². The Bertz CT molecular complexity index is 214. The zero-order valence-electron chi connectivity index (χ0n) is 7.99. The third-order valence-corrected chi connectivity index (χ3v) is 2.79. The highest BCUT2D eigenvalue weighted by atomic mass is 32.2. The van der Waals surface area contributed by atoms with Crippen molar-refractivity contribution >= 4 is 16.7 Å². The SMILES string of the molecule is CCCC(CCOC(C)=O)[SH](=O)=O. The molecule has 0 aliphatic carbocycles. The number of hydrogen-bond donors (Lipinski definition) is 1. The lowest BCUT2D eigenvalue weighted by Gasteiger charge is -2.08. The van der Waals surface area contributed by atoms with Crippen LogP contribution in [0.4, 0.5) is 0 Å². The lowest BCUT2D eigenvalue weighted by molar-refractivity contribution is -0.141. The van der Waals surface area contributed by atoms with Gasteiger partial charge >= 0.3 is 5.97 Å². The Balaban J connectivity index is 3.76. The molecule has 0 aromatic heterocycles. The zero-order chi connectivity index (χ0) is 10.3. The van der Waals surface area contributed by atoms with Gasteiger partial charge in [-0.05, 0) is 12.8 Å². The fourth-order valence-corrected chi connectivity index (χ4v) is 1.81. The van der Waals surface area contributed by atoms with Crippen LogP contribution in [-0.2, 0) is 20.2 Å². The monoisotopic (exact) mass is 208 g/mol. The van der Waals surface area contributed by atoms with Gasteiger partial charge in [0.15, 0.2) is 0 Å². The number of carbonyl (C=O) groups is 1. The van der Waals surface area contributed by atoms with Gasteiger partial charge in [-0.15, -0.1) is 0 Å². The molecule has 0 aromatic rings. The van der Waals surface area contributed by atoms with Gasteiger partial charge in [0, 0.05) is 6.92 Å². The lowest BCUT2D eigenvalue weighted by Crippen LogP contribution is -2.14. The fraction of sp³-hybridized carbons (Fsp3) is 0.875. The molecule has 78 valence electrons. The van der Waals surface area contributed by atoms with Gasteiger partial charge in [0.2, 0.25) is 0 Å². The molecule has 1 unspecified atom stereocenters. The van der Waals surface area contributed by atoms with Crippen LogP contribution in [0.3, 0.4) is 0 Å². The molecule has 0 aliphatic heterocycles. The largest absolute Gasteiger partial charge is 0.466 e. The molecule has 5 heteroatoms. The highest BCUT2D eigenvalue weighted by Gasteiger charge is 2.10. The number of thiol groups is 1. The maximum atomic E-state index is 10.7. The van der Waals surface area contributed by atoms with E-state index >= 15 is 0 Å². The van der Waals surface area contributed by atoms with E-state index in [0.717, 1.165) is 6.42 Å². The number of hydrogen-bond acceptors (Lipinski definition) is 4. The van der Waals surface area contributed by atoms with Gasteiger partial charge in [-0.3, -0.25) is 4.79 Å². The smallest absolute Gasteiger partial charge is 0.302 e. The Morgan fingerprint density at radius 3 is 2.38 bits per heavy atom. The van der Waals surface area contributed by atoms with Crippen molar-refractivity contribution in [1.29, 1.82) is 0 Å². The van der Waals surface area contributed by atoms with Gasteiger partial charge in [-0.25, -0.2) is 8.42 Å². The molecule has 0 fully saturated rings. The first-order chi connectivity index (χ1) is 6.07. The van der Waals surface area contributed by atoms with E-state index in [1.165, 1.54) is 6.92 Å². The van der Waals surface area contributed by atoms with Crippen LogP contribution in [0.2, 0.25) is 0 Å². The molecule has 0 aromatic carbocycles. The Kier molecular flexibility index (Phi) is 6.58. The Morgan fingerprint density at radius 1 is 1.38 bits per heavy atom. The van der Waals surface area contributed by atoms with E-state index in [9.17, 15) is 13.2 Å². The van der Waals surface area contributed by atoms with Crippen molar-refractivity contribution in [3.63, 3.8) is 0 Å². The van der Waals surface area contributed by atoms with Crippen LogP contribution in [-0.4, -0.2) is 26.2 Å². The first kappa shape index (κ1) is 12.4. The second-order valence-corrected chi connectivity index (χ2v) is 4.16. The molecule has 0 bridgehead atoms. The average Bonchev–Trinajstić information content (AvgIpc) is 2.02. The summed E-state index contributed by atoms with van der Waals surface area (Å²) in [5, 5.41) is -0.348. The van der Waals surface area contributed by atoms with Gasteiger partial charge in [-0.2, -0.15) is 0 Å². The maximum Gasteiger partial charge on any atom is 0.302 e. The maximum absolute atomic E-state index is 10.7. The van der Waals surface area contributed by atoms with Crippen molar-refractivity contribution in [2.75, 3.05) is 6.61 Å². The van der Waals surface area contributed by atoms with Gasteiger partial charge in [-0.1, -0.05) is 13.3 Å². The van der Waals surface area contributed by atoms with E-state index in [4.69, 9.17) is 0 Å². The van der Waals surface area contributed by atoms with E-state index in [1.54, 1.807) is 0 Å². The zero-order valence-corrected chi connectivity index (χ0v) is 8.88. The molecule has 0 N–H and O–H groups in total. The molecule has 0 amide bonds. The van der Waals surface area contributed by atoms with E-state index in [-0.39, 0.29) is 17.8 Å². The summed E-state index contributed by atoms with van der Waals surface area (Å²) < 4.78 is 26.0. The predicted molar refractivity (Wildman–Crippen MR) is 50.3 cm³/mol. The molecule has 0 saturated carbocycles. The topological polar surface area (TPSA) is 60.4 Å². The molecular formula is C8H16O4S. The molecule has 0 heterocycles. The molecule has 0 radical (unpaired) electrons. The molecular weight excluding hydrogens is 192 g/mol. The van der Waals surface area contributed by atoms with Gasteiger partial charge in [0.1, 0.15) is 10.7 Å². The van der Waals surface area contributed by atoms with Gasteiger partial charge in [0.25, 0.3) is 0 Å². The quantitative estimate of drug-likeness (QED) is 0.516. The van der Waals surface area contributed by atoms with Crippen molar-refractivity contribution in [2.24, 2.45) is 0 Å². The second-order valence-electron chi connectivity index (χ2n) is 2.86. The van der Waals surface area contributed by atoms with Crippen LogP contribution < -0.4 is 0 Å². The Labute approximate surface area is 80.2 Å². The number of rotatable bonds is 6. The summed E-state index contributed by atoms with van der Waals surface area (Å²) in [4.78, 5) is 10.4. The van der Waals surface area contributed by atoms with Gasteiger partial charge < -0.3 is 4.74 Å². The highest BCUT2D eigenvalue weighted by molar-refractivity contribution is 7.73. The summed E-state index contributed by atoms with van der Waals surface area (Å²) in [7, 11) is -2.39. The van der Waals surface area contributed by atoms with Crippen molar-refractivity contribution in [3.05, 3.63) is 0 Å². The molecule has 0 rings (SSSR count). The van der Waals surface area contributed by atoms with Crippen molar-refractivity contribution < 1.29 is 17.9 Å². The van der Waals surface area contributed by atoms with E-state index in [1.807, 2.05) is 6.92 Å². The minimum absolute atomic E-state index is 0.198. The average molecular weight is 208 g/mol. The second kappa shape index (κ2) is 6.88. The summed E-state index contributed by atoms with van der Waals surface area (Å²) in [5.74, 6) is -0.364. The van der Waals surface area contributed by atoms with Crippen LogP contribution in [0.25, 0.3) is 0 Å². The normalized spacial score (nSPS) is 12.8. The number of carbonyl (C=O) groups excluding carboxylic acids is 1. The van der Waals surface area contributed by atoms with E-state index < -0.39 is 10.7 Å². The summed E-state index contributed by atoms with van der Waals surface area (Å²) in [6, 6.07) is 0. The molecule has 4 nitrogen and oxygen atoms in total. The molecule has 1 atom stereocenters. The lowest BCUT2D eigenvalue weighted by atomic mass is 10.2. The Hall–Kier alpha value is -0.580. The van der Waals surface area contributed by atoms with Crippen LogP contribution in [0, 0.1) is 0 Å². The predicted octanol–water partition coefficient (Wildman–Crippen LogP) is 0.720. The molecule has 0 spiro atoms. The third kappa shape index (κ3) is 6.57. The summed E-state index contributed by atoms with van der Waals surface area (Å²) in [6.45, 7) is 3.44. The molecule has 0 aliphatic rings. The van der Waals surface area contributed by atoms with E-state index in [2.05, 4.69) is 4.74 Å². The summed E-state index contributed by atoms with van der Waals surface area (Å²) in [5.41, 5.74) is 0. The van der Waals surface area contributed by atoms with Crippen LogP contribution >= 0.6 is 0 Å². The molecule has 13 heavy (non-hydrogen) atoms. The standard InChI is InChI=1S/C8H16O4S/c1-3-4-8(13(10)11)5-6-12-7(2)9/h8,13H,3-6H2,1-2H3. The van der Waals surface area contributed by atoms with Gasteiger partial charge in [0.05, 0.1) is 11.9 Å². The summed E-state index contributed by atoms with van der Waals surface area (Å²) >= 11 is 0. The minimum atomic E-state index is -2.39. The summed E-state index contributed by atoms with van der Waals surface area (Å²) in [6.07, 6.45) is 1.88. The number of esters is 1. The first-order valence-electron chi connectivity index (χ1n) is 4.34. The first-order valence-corrected chi connectivity index (χ1v) is 5.59. The minimum Gasteiger partial charge on any atom is -0.466 e. The number of ether oxygens (including phenoxy) is 1. The third-order valence-electron chi connectivity index (χ3n) is 1.68. The fourth-order valence-electron chi connectivity index (χ4n) is 1.03. The Morgan fingerprint density at radius 2 is 2.00 bits per heavy atom. The molecule has 0 saturated heterocycles. The highest BCUT2D eigenvalue weighted by Crippen LogP contribution is 2.05. The van der Waals surface area contributed by atoms with Crippen LogP contribution in [0.15, 0.2) is 0 Å². The van der Waals surface area contributed by atoms with Crippen molar-refractivity contribution in [2.45, 2.75) is 38.4 Å². The van der Waals surface area contributed by atoms with Crippen molar-refractivity contribution in [3.8, 4) is 0 Å².